The second kappa shape index (κ2) is 10.00. The summed E-state index contributed by atoms with van der Waals surface area (Å²) in [5, 5.41) is 6.72. The zero-order valence-electron chi connectivity index (χ0n) is 19.7. The van der Waals surface area contributed by atoms with E-state index in [1.54, 1.807) is 4.90 Å². The average molecular weight is 489 g/mol. The summed E-state index contributed by atoms with van der Waals surface area (Å²) in [6, 6.07) is 11.8. The van der Waals surface area contributed by atoms with Gasteiger partial charge in [-0.1, -0.05) is 30.3 Å². The van der Waals surface area contributed by atoms with Gasteiger partial charge in [-0.3, -0.25) is 19.4 Å². The number of hydrogen-bond acceptors (Lipinski definition) is 5. The minimum absolute atomic E-state index is 0.0329. The van der Waals surface area contributed by atoms with Crippen molar-refractivity contribution in [3.63, 3.8) is 0 Å². The maximum absolute atomic E-state index is 13.1. The predicted molar refractivity (Wildman–Crippen MR) is 134 cm³/mol. The van der Waals surface area contributed by atoms with E-state index < -0.39 is 0 Å². The minimum atomic E-state index is -0.0973. The van der Waals surface area contributed by atoms with Crippen molar-refractivity contribution in [2.45, 2.75) is 38.8 Å². The summed E-state index contributed by atoms with van der Waals surface area (Å²) in [5.41, 5.74) is 5.89. The summed E-state index contributed by atoms with van der Waals surface area (Å²) in [5.74, 6) is 0.0358. The van der Waals surface area contributed by atoms with Crippen LogP contribution in [0.15, 0.2) is 53.4 Å². The Balaban J connectivity index is 1.22. The van der Waals surface area contributed by atoms with Gasteiger partial charge < -0.3 is 15.1 Å². The van der Waals surface area contributed by atoms with E-state index in [1.165, 1.54) is 11.3 Å². The Bertz CT molecular complexity index is 1240. The van der Waals surface area contributed by atoms with E-state index in [9.17, 15) is 14.4 Å². The predicted octanol–water partition coefficient (Wildman–Crippen LogP) is 3.28. The first kappa shape index (κ1) is 23.2. The van der Waals surface area contributed by atoms with E-state index in [0.717, 1.165) is 27.9 Å². The Labute approximate surface area is 208 Å². The first-order valence-electron chi connectivity index (χ1n) is 11.9. The van der Waals surface area contributed by atoms with Gasteiger partial charge in [-0.15, -0.1) is 0 Å². The summed E-state index contributed by atoms with van der Waals surface area (Å²) in [6.45, 7) is 4.11. The molecule has 180 valence electrons. The number of pyridine rings is 1. The number of fused-ring (bicyclic) bond motifs is 1. The van der Waals surface area contributed by atoms with Crippen LogP contribution in [0.25, 0.3) is 0 Å². The van der Waals surface area contributed by atoms with Gasteiger partial charge in [0.2, 0.25) is 11.8 Å². The number of thiophene rings is 1. The Hall–Kier alpha value is -3.52. The molecule has 1 N–H and O–H groups in total. The molecule has 1 atom stereocenters. The quantitative estimate of drug-likeness (QED) is 0.577. The van der Waals surface area contributed by atoms with E-state index in [2.05, 4.69) is 10.3 Å². The number of carbonyl (C=O) groups excluding carboxylic acids is 3. The van der Waals surface area contributed by atoms with Crippen molar-refractivity contribution >= 4 is 29.1 Å². The zero-order valence-corrected chi connectivity index (χ0v) is 20.5. The lowest BCUT2D eigenvalue weighted by Crippen LogP contribution is -2.43. The molecule has 0 spiro atoms. The SMILES string of the molecule is Cc1ncc2c(c1CNC(=O)c1ccsc1)CCN(C(=O)CN1CC(c3ccccc3)CC1=O)C2. The van der Waals surface area contributed by atoms with Gasteiger partial charge in [0.15, 0.2) is 0 Å². The van der Waals surface area contributed by atoms with E-state index in [0.29, 0.717) is 44.6 Å². The summed E-state index contributed by atoms with van der Waals surface area (Å²) in [7, 11) is 0. The van der Waals surface area contributed by atoms with Crippen molar-refractivity contribution < 1.29 is 14.4 Å². The third-order valence-corrected chi connectivity index (χ3v) is 7.65. The molecule has 3 amide bonds. The lowest BCUT2D eigenvalue weighted by Gasteiger charge is -2.31. The number of nitrogens with zero attached hydrogens (tertiary/aromatic N) is 3. The number of rotatable bonds is 6. The molecule has 4 heterocycles. The summed E-state index contributed by atoms with van der Waals surface area (Å²) in [4.78, 5) is 46.1. The first-order chi connectivity index (χ1) is 17.0. The highest BCUT2D eigenvalue weighted by molar-refractivity contribution is 7.08. The van der Waals surface area contributed by atoms with Crippen molar-refractivity contribution in [2.75, 3.05) is 19.6 Å². The smallest absolute Gasteiger partial charge is 0.252 e. The average Bonchev–Trinajstić information content (AvgIpc) is 3.54. The Morgan fingerprint density at radius 3 is 2.80 bits per heavy atom. The van der Waals surface area contributed by atoms with Crippen molar-refractivity contribution in [2.24, 2.45) is 0 Å². The van der Waals surface area contributed by atoms with Crippen LogP contribution in [-0.2, 0) is 29.1 Å². The molecule has 0 radical (unpaired) electrons. The van der Waals surface area contributed by atoms with Gasteiger partial charge >= 0.3 is 0 Å². The topological polar surface area (TPSA) is 82.6 Å². The summed E-state index contributed by atoms with van der Waals surface area (Å²) >= 11 is 1.49. The number of carbonyl (C=O) groups is 3. The highest BCUT2D eigenvalue weighted by atomic mass is 32.1. The molecule has 3 aromatic rings. The molecule has 2 aliphatic heterocycles. The van der Waals surface area contributed by atoms with Gasteiger partial charge in [-0.25, -0.2) is 0 Å². The number of amides is 3. The molecule has 7 nitrogen and oxygen atoms in total. The van der Waals surface area contributed by atoms with Crippen LogP contribution in [0.1, 0.15) is 50.6 Å². The van der Waals surface area contributed by atoms with Gasteiger partial charge in [-0.2, -0.15) is 11.3 Å². The fraction of sp³-hybridized carbons (Fsp3) is 0.333. The number of nitrogens with one attached hydrogen (secondary N) is 1. The molecule has 2 aromatic heterocycles. The first-order valence-corrected chi connectivity index (χ1v) is 12.8. The second-order valence-electron chi connectivity index (χ2n) is 9.17. The normalized spacial score (nSPS) is 17.4. The lowest BCUT2D eigenvalue weighted by molar-refractivity contribution is -0.139. The molecule has 0 saturated carbocycles. The number of likely N-dealkylation sites (tertiary alicyclic amines) is 1. The fourth-order valence-corrected chi connectivity index (χ4v) is 5.61. The monoisotopic (exact) mass is 488 g/mol. The van der Waals surface area contributed by atoms with Crippen LogP contribution in [0, 0.1) is 6.92 Å². The van der Waals surface area contributed by atoms with Crippen LogP contribution in [0.2, 0.25) is 0 Å². The third-order valence-electron chi connectivity index (χ3n) is 6.97. The Morgan fingerprint density at radius 2 is 2.03 bits per heavy atom. The van der Waals surface area contributed by atoms with Crippen molar-refractivity contribution in [3.05, 3.63) is 86.9 Å². The molecule has 1 fully saturated rings. The molecule has 5 rings (SSSR count). The highest BCUT2D eigenvalue weighted by Gasteiger charge is 2.33. The van der Waals surface area contributed by atoms with E-state index in [-0.39, 0.29) is 30.2 Å². The molecule has 0 bridgehead atoms. The molecule has 1 unspecified atom stereocenters. The number of hydrogen-bond donors (Lipinski definition) is 1. The molecule has 0 aliphatic carbocycles. The van der Waals surface area contributed by atoms with Crippen LogP contribution in [0.3, 0.4) is 0 Å². The van der Waals surface area contributed by atoms with Gasteiger partial charge in [-0.05, 0) is 47.0 Å². The van der Waals surface area contributed by atoms with Crippen molar-refractivity contribution in [1.29, 1.82) is 0 Å². The number of benzene rings is 1. The second-order valence-corrected chi connectivity index (χ2v) is 9.95. The lowest BCUT2D eigenvalue weighted by atomic mass is 9.94. The summed E-state index contributed by atoms with van der Waals surface area (Å²) < 4.78 is 0. The zero-order chi connectivity index (χ0) is 24.4. The van der Waals surface area contributed by atoms with Crippen molar-refractivity contribution in [1.82, 2.24) is 20.1 Å². The van der Waals surface area contributed by atoms with Gasteiger partial charge in [0.05, 0.1) is 6.54 Å². The van der Waals surface area contributed by atoms with Crippen molar-refractivity contribution in [3.8, 4) is 0 Å². The van der Waals surface area contributed by atoms with E-state index in [1.807, 2.05) is 65.2 Å². The minimum Gasteiger partial charge on any atom is -0.348 e. The van der Waals surface area contributed by atoms with Crippen LogP contribution in [-0.4, -0.2) is 52.1 Å². The molecule has 35 heavy (non-hydrogen) atoms. The largest absolute Gasteiger partial charge is 0.348 e. The highest BCUT2D eigenvalue weighted by Crippen LogP contribution is 2.29. The molecule has 1 saturated heterocycles. The van der Waals surface area contributed by atoms with Crippen LogP contribution in [0.5, 0.6) is 0 Å². The van der Waals surface area contributed by atoms with Gasteiger partial charge in [0, 0.05) is 61.4 Å². The standard InChI is InChI=1S/C27H28N4O3S/c1-18-24(13-29-27(34)20-8-10-35-17-20)23-7-9-30(15-22(23)12-28-18)26(33)16-31-14-21(11-25(31)32)19-5-3-2-4-6-19/h2-6,8,10,12,17,21H,7,9,11,13-16H2,1H3,(H,29,34). The van der Waals surface area contributed by atoms with Gasteiger partial charge in [0.1, 0.15) is 0 Å². The Kier molecular flexibility index (Phi) is 6.63. The Morgan fingerprint density at radius 1 is 1.20 bits per heavy atom. The van der Waals surface area contributed by atoms with E-state index >= 15 is 0 Å². The number of aryl methyl sites for hydroxylation is 1. The molecule has 1 aromatic carbocycles. The fourth-order valence-electron chi connectivity index (χ4n) is 4.97. The maximum Gasteiger partial charge on any atom is 0.252 e. The van der Waals surface area contributed by atoms with Gasteiger partial charge in [0.25, 0.3) is 5.91 Å². The maximum atomic E-state index is 13.1. The molecule has 2 aliphatic rings. The summed E-state index contributed by atoms with van der Waals surface area (Å²) in [6.07, 6.45) is 2.99. The van der Waals surface area contributed by atoms with Crippen LogP contribution < -0.4 is 5.32 Å². The van der Waals surface area contributed by atoms with E-state index in [4.69, 9.17) is 0 Å². The third kappa shape index (κ3) is 4.98. The van der Waals surface area contributed by atoms with Crippen LogP contribution in [0.4, 0.5) is 0 Å². The van der Waals surface area contributed by atoms with Crippen LogP contribution >= 0.6 is 11.3 Å². The number of aromatic nitrogens is 1. The molecular weight excluding hydrogens is 460 g/mol. The molecule has 8 heteroatoms. The molecular formula is C27H28N4O3S.